The number of hydrogen-bond donors (Lipinski definition) is 1. The van der Waals surface area contributed by atoms with Crippen molar-refractivity contribution in [2.45, 2.75) is 39.5 Å². The van der Waals surface area contributed by atoms with E-state index in [4.69, 9.17) is 0 Å². The Morgan fingerprint density at radius 2 is 2.05 bits per heavy atom. The summed E-state index contributed by atoms with van der Waals surface area (Å²) in [6.07, 6.45) is 0.916. The van der Waals surface area contributed by atoms with Crippen LogP contribution in [0.5, 0.6) is 0 Å². The molecule has 0 amide bonds. The average Bonchev–Trinajstić information content (AvgIpc) is 2.83. The number of carbonyl (C=O) groups is 1. The van der Waals surface area contributed by atoms with Gasteiger partial charge in [0.2, 0.25) is 0 Å². The molecule has 0 bridgehead atoms. The van der Waals surface area contributed by atoms with E-state index in [1.54, 1.807) is 4.68 Å². The van der Waals surface area contributed by atoms with Crippen molar-refractivity contribution in [2.75, 3.05) is 0 Å². The maximum atomic E-state index is 11.3. The lowest BCUT2D eigenvalue weighted by atomic mass is 9.90. The Morgan fingerprint density at radius 1 is 1.35 bits per heavy atom. The van der Waals surface area contributed by atoms with Gasteiger partial charge in [-0.05, 0) is 24.1 Å². The minimum Gasteiger partial charge on any atom is -0.476 e. The number of nitrogens with zero attached hydrogens (tertiary/aromatic N) is 3. The molecular formula is C15H19N3O2. The summed E-state index contributed by atoms with van der Waals surface area (Å²) in [7, 11) is 0. The molecule has 0 aliphatic heterocycles. The fourth-order valence-electron chi connectivity index (χ4n) is 2.19. The van der Waals surface area contributed by atoms with Crippen LogP contribution >= 0.6 is 0 Å². The van der Waals surface area contributed by atoms with E-state index in [9.17, 15) is 9.90 Å². The molecule has 1 aromatic carbocycles. The van der Waals surface area contributed by atoms with Gasteiger partial charge in [-0.1, -0.05) is 45.0 Å². The molecule has 1 N–H and O–H groups in total. The highest BCUT2D eigenvalue weighted by Gasteiger charge is 2.29. The van der Waals surface area contributed by atoms with Gasteiger partial charge in [0.1, 0.15) is 0 Å². The van der Waals surface area contributed by atoms with Crippen molar-refractivity contribution >= 4 is 5.97 Å². The van der Waals surface area contributed by atoms with Gasteiger partial charge in [0.05, 0.1) is 11.4 Å². The molecule has 0 spiro atoms. The van der Waals surface area contributed by atoms with Gasteiger partial charge >= 0.3 is 5.97 Å². The van der Waals surface area contributed by atoms with E-state index in [1.807, 2.05) is 45.0 Å². The number of aryl methyl sites for hydroxylation is 1. The molecule has 2 rings (SSSR count). The molecule has 0 fully saturated rings. The molecule has 0 aliphatic rings. The standard InChI is InChI=1S/C15H19N3O2/c1-5-10-7-6-8-11(9-10)18-13(15(2,3)4)12(14(19)20)16-17-18/h6-9H,5H2,1-4H3,(H,19,20). The number of carboxylic acid groups (broad SMARTS) is 1. The molecule has 0 saturated carbocycles. The van der Waals surface area contributed by atoms with Crippen molar-refractivity contribution < 1.29 is 9.90 Å². The van der Waals surface area contributed by atoms with Gasteiger partial charge in [0.25, 0.3) is 0 Å². The highest BCUT2D eigenvalue weighted by Crippen LogP contribution is 2.27. The second-order valence-electron chi connectivity index (χ2n) is 5.78. The molecule has 106 valence electrons. The summed E-state index contributed by atoms with van der Waals surface area (Å²) in [6.45, 7) is 7.95. The average molecular weight is 273 g/mol. The molecule has 5 heteroatoms. The van der Waals surface area contributed by atoms with E-state index in [1.165, 1.54) is 5.56 Å². The van der Waals surface area contributed by atoms with Crippen molar-refractivity contribution in [3.8, 4) is 5.69 Å². The molecule has 0 unspecified atom stereocenters. The number of carboxylic acids is 1. The summed E-state index contributed by atoms with van der Waals surface area (Å²) in [5.41, 5.74) is 2.28. The molecule has 0 saturated heterocycles. The van der Waals surface area contributed by atoms with Crippen LogP contribution in [0.25, 0.3) is 5.69 Å². The molecule has 1 aromatic heterocycles. The van der Waals surface area contributed by atoms with Crippen LogP contribution in [0.15, 0.2) is 24.3 Å². The van der Waals surface area contributed by atoms with Gasteiger partial charge in [-0.15, -0.1) is 5.10 Å². The highest BCUT2D eigenvalue weighted by molar-refractivity contribution is 5.87. The van der Waals surface area contributed by atoms with Crippen molar-refractivity contribution in [3.63, 3.8) is 0 Å². The van der Waals surface area contributed by atoms with Gasteiger partial charge in [0, 0.05) is 5.41 Å². The number of aromatic nitrogens is 3. The highest BCUT2D eigenvalue weighted by atomic mass is 16.4. The molecule has 2 aromatic rings. The monoisotopic (exact) mass is 273 g/mol. The second-order valence-corrected chi connectivity index (χ2v) is 5.78. The van der Waals surface area contributed by atoms with Crippen LogP contribution in [0.1, 0.15) is 49.4 Å². The lowest BCUT2D eigenvalue weighted by molar-refractivity contribution is 0.0687. The van der Waals surface area contributed by atoms with Crippen LogP contribution in [0.3, 0.4) is 0 Å². The minimum absolute atomic E-state index is 0.0133. The Morgan fingerprint density at radius 3 is 2.60 bits per heavy atom. The first-order valence-corrected chi connectivity index (χ1v) is 6.63. The Kier molecular flexibility index (Phi) is 3.61. The smallest absolute Gasteiger partial charge is 0.358 e. The topological polar surface area (TPSA) is 68.0 Å². The molecule has 0 radical (unpaired) electrons. The van der Waals surface area contributed by atoms with E-state index >= 15 is 0 Å². The van der Waals surface area contributed by atoms with Crippen molar-refractivity contribution in [1.82, 2.24) is 15.0 Å². The van der Waals surface area contributed by atoms with E-state index in [-0.39, 0.29) is 11.1 Å². The maximum Gasteiger partial charge on any atom is 0.358 e. The lowest BCUT2D eigenvalue weighted by Gasteiger charge is -2.20. The fraction of sp³-hybridized carbons (Fsp3) is 0.400. The van der Waals surface area contributed by atoms with Gasteiger partial charge in [0.15, 0.2) is 5.69 Å². The molecule has 1 heterocycles. The summed E-state index contributed by atoms with van der Waals surface area (Å²) in [6, 6.07) is 7.91. The normalized spacial score (nSPS) is 11.6. The van der Waals surface area contributed by atoms with Gasteiger partial charge in [-0.2, -0.15) is 0 Å². The number of rotatable bonds is 3. The van der Waals surface area contributed by atoms with Gasteiger partial charge in [-0.25, -0.2) is 9.48 Å². The summed E-state index contributed by atoms with van der Waals surface area (Å²) in [5.74, 6) is -1.05. The second kappa shape index (κ2) is 5.07. The third-order valence-corrected chi connectivity index (χ3v) is 3.15. The third-order valence-electron chi connectivity index (χ3n) is 3.15. The third kappa shape index (κ3) is 2.57. The van der Waals surface area contributed by atoms with Gasteiger partial charge < -0.3 is 5.11 Å². The zero-order valence-electron chi connectivity index (χ0n) is 12.2. The number of aromatic carboxylic acids is 1. The molecule has 0 atom stereocenters. The zero-order valence-corrected chi connectivity index (χ0v) is 12.2. The van der Waals surface area contributed by atoms with Gasteiger partial charge in [-0.3, -0.25) is 0 Å². The van der Waals surface area contributed by atoms with Crippen LogP contribution in [0, 0.1) is 0 Å². The van der Waals surface area contributed by atoms with Crippen LogP contribution in [0.2, 0.25) is 0 Å². The van der Waals surface area contributed by atoms with E-state index in [0.717, 1.165) is 12.1 Å². The lowest BCUT2D eigenvalue weighted by Crippen LogP contribution is -2.21. The Balaban J connectivity index is 2.65. The molecule has 20 heavy (non-hydrogen) atoms. The van der Waals surface area contributed by atoms with Crippen molar-refractivity contribution in [2.24, 2.45) is 0 Å². The van der Waals surface area contributed by atoms with Crippen molar-refractivity contribution in [1.29, 1.82) is 0 Å². The first-order chi connectivity index (χ1) is 9.34. The van der Waals surface area contributed by atoms with Crippen LogP contribution in [0.4, 0.5) is 0 Å². The Hall–Kier alpha value is -2.17. The molecule has 0 aliphatic carbocycles. The van der Waals surface area contributed by atoms with Crippen LogP contribution in [-0.2, 0) is 11.8 Å². The van der Waals surface area contributed by atoms with Crippen LogP contribution < -0.4 is 0 Å². The largest absolute Gasteiger partial charge is 0.476 e. The summed E-state index contributed by atoms with van der Waals surface area (Å²) in [5, 5.41) is 17.1. The first kappa shape index (κ1) is 14.2. The molecule has 5 nitrogen and oxygen atoms in total. The van der Waals surface area contributed by atoms with E-state index < -0.39 is 5.97 Å². The summed E-state index contributed by atoms with van der Waals surface area (Å²) >= 11 is 0. The zero-order chi connectivity index (χ0) is 14.9. The molecular weight excluding hydrogens is 254 g/mol. The van der Waals surface area contributed by atoms with E-state index in [0.29, 0.717) is 5.69 Å². The number of benzene rings is 1. The Labute approximate surface area is 118 Å². The SMILES string of the molecule is CCc1cccc(-n2nnc(C(=O)O)c2C(C)(C)C)c1. The Bertz CT molecular complexity index is 639. The summed E-state index contributed by atoms with van der Waals surface area (Å²) in [4.78, 5) is 11.3. The summed E-state index contributed by atoms with van der Waals surface area (Å²) < 4.78 is 1.63. The van der Waals surface area contributed by atoms with Crippen LogP contribution in [-0.4, -0.2) is 26.1 Å². The van der Waals surface area contributed by atoms with Crippen molar-refractivity contribution in [3.05, 3.63) is 41.2 Å². The predicted octanol–water partition coefficient (Wildman–Crippen LogP) is 2.83. The number of hydrogen-bond acceptors (Lipinski definition) is 3. The predicted molar refractivity (Wildman–Crippen MR) is 76.4 cm³/mol. The fourth-order valence-corrected chi connectivity index (χ4v) is 2.19. The maximum absolute atomic E-state index is 11.3. The quantitative estimate of drug-likeness (QED) is 0.933. The van der Waals surface area contributed by atoms with E-state index in [2.05, 4.69) is 17.2 Å². The minimum atomic E-state index is -1.05. The first-order valence-electron chi connectivity index (χ1n) is 6.63.